The van der Waals surface area contributed by atoms with Gasteiger partial charge in [0.05, 0.1) is 11.7 Å². The van der Waals surface area contributed by atoms with Gasteiger partial charge in [-0.3, -0.25) is 0 Å². The fourth-order valence-corrected chi connectivity index (χ4v) is 2.97. The Morgan fingerprint density at radius 3 is 2.84 bits per heavy atom. The highest BCUT2D eigenvalue weighted by Gasteiger charge is 2.23. The summed E-state index contributed by atoms with van der Waals surface area (Å²) in [6.07, 6.45) is 3.09. The van der Waals surface area contributed by atoms with Crippen molar-refractivity contribution in [3.8, 4) is 0 Å². The minimum Gasteiger partial charge on any atom is -0.395 e. The van der Waals surface area contributed by atoms with E-state index in [1.807, 2.05) is 0 Å². The van der Waals surface area contributed by atoms with Crippen LogP contribution in [0, 0.1) is 5.82 Å². The highest BCUT2D eigenvalue weighted by atomic mass is 32.2. The molecule has 2 rings (SSSR count). The zero-order chi connectivity index (χ0) is 14.0. The Balaban J connectivity index is 2.31. The summed E-state index contributed by atoms with van der Waals surface area (Å²) in [6, 6.07) is 3.06. The second-order valence-corrected chi connectivity index (χ2v) is 5.65. The van der Waals surface area contributed by atoms with Gasteiger partial charge in [0.25, 0.3) is 0 Å². The maximum Gasteiger partial charge on any atom is 0.243 e. The van der Waals surface area contributed by atoms with Crippen LogP contribution in [0.1, 0.15) is 18.8 Å². The molecule has 0 fully saturated rings. The average Bonchev–Trinajstić information content (AvgIpc) is 2.85. The van der Waals surface area contributed by atoms with Crippen LogP contribution in [0.3, 0.4) is 0 Å². The van der Waals surface area contributed by atoms with Crippen LogP contribution in [-0.2, 0) is 10.0 Å². The molecular formula is C11H13FN4O2S. The number of aromatic nitrogens is 2. The van der Waals surface area contributed by atoms with Crippen molar-refractivity contribution in [3.05, 3.63) is 42.2 Å². The summed E-state index contributed by atoms with van der Waals surface area (Å²) in [5.41, 5.74) is 5.04. The summed E-state index contributed by atoms with van der Waals surface area (Å²) < 4.78 is 39.9. The number of H-pyrrole nitrogens is 1. The molecular weight excluding hydrogens is 271 g/mol. The molecule has 0 aliphatic heterocycles. The predicted molar refractivity (Wildman–Crippen MR) is 68.1 cm³/mol. The lowest BCUT2D eigenvalue weighted by molar-refractivity contribution is 0.559. The number of anilines is 1. The molecule has 0 saturated carbocycles. The molecule has 4 N–H and O–H groups in total. The number of benzene rings is 1. The van der Waals surface area contributed by atoms with E-state index in [2.05, 4.69) is 14.7 Å². The predicted octanol–water partition coefficient (Wildman–Crippen LogP) is 1.17. The molecule has 0 amide bonds. The fraction of sp³-hybridized carbons (Fsp3) is 0.182. The highest BCUT2D eigenvalue weighted by molar-refractivity contribution is 7.89. The second kappa shape index (κ2) is 4.98. The summed E-state index contributed by atoms with van der Waals surface area (Å²) in [5.74, 6) is -0.313. The minimum atomic E-state index is -3.91. The van der Waals surface area contributed by atoms with Gasteiger partial charge in [-0.1, -0.05) is 6.07 Å². The summed E-state index contributed by atoms with van der Waals surface area (Å²) in [5, 5.41) is 0. The third-order valence-corrected chi connectivity index (χ3v) is 4.16. The lowest BCUT2D eigenvalue weighted by Crippen LogP contribution is -2.28. The van der Waals surface area contributed by atoms with Gasteiger partial charge in [-0.05, 0) is 19.1 Å². The number of nitrogen functional groups attached to an aromatic ring is 1. The molecule has 0 spiro atoms. The van der Waals surface area contributed by atoms with Gasteiger partial charge in [0, 0.05) is 12.4 Å². The molecule has 1 heterocycles. The molecule has 2 aromatic rings. The fourth-order valence-electron chi connectivity index (χ4n) is 1.62. The molecule has 1 aromatic heterocycles. The first-order chi connectivity index (χ1) is 8.92. The topological polar surface area (TPSA) is 101 Å². The van der Waals surface area contributed by atoms with Crippen molar-refractivity contribution >= 4 is 15.7 Å². The third-order valence-electron chi connectivity index (χ3n) is 2.56. The first-order valence-corrected chi connectivity index (χ1v) is 6.95. The van der Waals surface area contributed by atoms with E-state index < -0.39 is 27.6 Å². The number of imidazole rings is 1. The van der Waals surface area contributed by atoms with Crippen LogP contribution < -0.4 is 10.5 Å². The van der Waals surface area contributed by atoms with E-state index in [9.17, 15) is 12.8 Å². The lowest BCUT2D eigenvalue weighted by atomic mass is 10.3. The maximum atomic E-state index is 13.3. The third kappa shape index (κ3) is 2.74. The van der Waals surface area contributed by atoms with Crippen LogP contribution in [0.4, 0.5) is 10.1 Å². The summed E-state index contributed by atoms with van der Waals surface area (Å²) in [6.45, 7) is 1.62. The molecule has 6 nitrogen and oxygen atoms in total. The van der Waals surface area contributed by atoms with E-state index in [1.54, 1.807) is 13.1 Å². The van der Waals surface area contributed by atoms with Gasteiger partial charge in [-0.15, -0.1) is 0 Å². The number of halogens is 1. The number of nitrogens with two attached hydrogens (primary N) is 1. The first kappa shape index (κ1) is 13.5. The summed E-state index contributed by atoms with van der Waals surface area (Å²) in [7, 11) is -3.91. The van der Waals surface area contributed by atoms with Crippen LogP contribution in [0.25, 0.3) is 0 Å². The standard InChI is InChI=1S/C11H13FN4O2S/c1-7(11-14-5-6-15-11)16-19(17,18)9-4-2-3-8(12)10(9)13/h2-7,16H,13H2,1H3,(H,14,15). The number of nitrogens with zero attached hydrogens (tertiary/aromatic N) is 1. The maximum absolute atomic E-state index is 13.3. The van der Waals surface area contributed by atoms with Gasteiger partial charge in [0.1, 0.15) is 16.5 Å². The van der Waals surface area contributed by atoms with E-state index in [-0.39, 0.29) is 4.90 Å². The van der Waals surface area contributed by atoms with Crippen molar-refractivity contribution in [2.24, 2.45) is 0 Å². The Hall–Kier alpha value is -1.93. The second-order valence-electron chi connectivity index (χ2n) is 3.97. The molecule has 0 saturated heterocycles. The molecule has 1 aromatic carbocycles. The van der Waals surface area contributed by atoms with Crippen molar-refractivity contribution in [2.45, 2.75) is 17.9 Å². The van der Waals surface area contributed by atoms with Gasteiger partial charge in [-0.2, -0.15) is 0 Å². The average molecular weight is 284 g/mol. The lowest BCUT2D eigenvalue weighted by Gasteiger charge is -2.13. The van der Waals surface area contributed by atoms with E-state index >= 15 is 0 Å². The first-order valence-electron chi connectivity index (χ1n) is 5.47. The Bertz CT molecular complexity index is 670. The number of para-hydroxylation sites is 1. The molecule has 0 aliphatic carbocycles. The van der Waals surface area contributed by atoms with Crippen LogP contribution in [0.5, 0.6) is 0 Å². The van der Waals surface area contributed by atoms with Crippen molar-refractivity contribution in [3.63, 3.8) is 0 Å². The Morgan fingerprint density at radius 2 is 2.21 bits per heavy atom. The normalized spacial score (nSPS) is 13.4. The van der Waals surface area contributed by atoms with Gasteiger partial charge < -0.3 is 10.7 Å². The Labute approximate surface area is 109 Å². The number of sulfonamides is 1. The molecule has 0 bridgehead atoms. The van der Waals surface area contributed by atoms with Gasteiger partial charge in [0.15, 0.2) is 0 Å². The number of aromatic amines is 1. The van der Waals surface area contributed by atoms with Gasteiger partial charge in [-0.25, -0.2) is 22.5 Å². The monoisotopic (exact) mass is 284 g/mol. The van der Waals surface area contributed by atoms with Gasteiger partial charge >= 0.3 is 0 Å². The van der Waals surface area contributed by atoms with E-state index in [0.29, 0.717) is 5.82 Å². The van der Waals surface area contributed by atoms with Crippen molar-refractivity contribution in [2.75, 3.05) is 5.73 Å². The molecule has 1 unspecified atom stereocenters. The molecule has 19 heavy (non-hydrogen) atoms. The minimum absolute atomic E-state index is 0.286. The van der Waals surface area contributed by atoms with E-state index in [1.165, 1.54) is 18.3 Å². The van der Waals surface area contributed by atoms with Crippen molar-refractivity contribution < 1.29 is 12.8 Å². The Morgan fingerprint density at radius 1 is 1.47 bits per heavy atom. The van der Waals surface area contributed by atoms with Gasteiger partial charge in [0.2, 0.25) is 10.0 Å². The molecule has 8 heteroatoms. The van der Waals surface area contributed by atoms with E-state index in [4.69, 9.17) is 5.73 Å². The Kier molecular flexibility index (Phi) is 3.54. The zero-order valence-electron chi connectivity index (χ0n) is 10.1. The molecule has 0 aliphatic rings. The summed E-state index contributed by atoms with van der Waals surface area (Å²) in [4.78, 5) is 6.45. The largest absolute Gasteiger partial charge is 0.395 e. The SMILES string of the molecule is CC(NS(=O)(=O)c1cccc(F)c1N)c1ncc[nH]1. The number of hydrogen-bond donors (Lipinski definition) is 3. The van der Waals surface area contributed by atoms with Crippen LogP contribution >= 0.6 is 0 Å². The smallest absolute Gasteiger partial charge is 0.243 e. The van der Waals surface area contributed by atoms with Crippen LogP contribution in [0.2, 0.25) is 0 Å². The van der Waals surface area contributed by atoms with Crippen LogP contribution in [-0.4, -0.2) is 18.4 Å². The number of hydrogen-bond acceptors (Lipinski definition) is 4. The number of nitrogens with one attached hydrogen (secondary N) is 2. The van der Waals surface area contributed by atoms with Crippen molar-refractivity contribution in [1.29, 1.82) is 0 Å². The molecule has 1 atom stereocenters. The number of rotatable bonds is 4. The van der Waals surface area contributed by atoms with Crippen LogP contribution in [0.15, 0.2) is 35.5 Å². The van der Waals surface area contributed by atoms with Crippen molar-refractivity contribution in [1.82, 2.24) is 14.7 Å². The quantitative estimate of drug-likeness (QED) is 0.733. The zero-order valence-corrected chi connectivity index (χ0v) is 10.9. The molecule has 0 radical (unpaired) electrons. The summed E-state index contributed by atoms with van der Waals surface area (Å²) >= 11 is 0. The highest BCUT2D eigenvalue weighted by Crippen LogP contribution is 2.22. The van der Waals surface area contributed by atoms with E-state index in [0.717, 1.165) is 6.07 Å². The molecule has 102 valence electrons.